The molecule has 1 amide bonds. The molecule has 1 aromatic heterocycles. The van der Waals surface area contributed by atoms with E-state index in [0.29, 0.717) is 5.56 Å². The van der Waals surface area contributed by atoms with Crippen LogP contribution in [0.2, 0.25) is 0 Å². The lowest BCUT2D eigenvalue weighted by atomic mass is 9.86. The van der Waals surface area contributed by atoms with Crippen LogP contribution in [-0.2, 0) is 33.9 Å². The van der Waals surface area contributed by atoms with Gasteiger partial charge in [-0.2, -0.15) is 0 Å². The van der Waals surface area contributed by atoms with Crippen LogP contribution in [0.5, 0.6) is 0 Å². The molecule has 174 valence electrons. The second-order valence-corrected chi connectivity index (χ2v) is 10.8. The molecule has 0 radical (unpaired) electrons. The van der Waals surface area contributed by atoms with Crippen LogP contribution in [-0.4, -0.2) is 43.1 Å². The van der Waals surface area contributed by atoms with Crippen molar-refractivity contribution in [2.45, 2.75) is 38.7 Å². The molecule has 1 heterocycles. The fourth-order valence-electron chi connectivity index (χ4n) is 4.18. The van der Waals surface area contributed by atoms with E-state index in [1.54, 1.807) is 6.07 Å². The number of carbonyl (C=O) groups is 1. The lowest BCUT2D eigenvalue weighted by Gasteiger charge is -2.18. The molecule has 0 saturated heterocycles. The van der Waals surface area contributed by atoms with Crippen LogP contribution in [0.4, 0.5) is 0 Å². The Labute approximate surface area is 193 Å². The van der Waals surface area contributed by atoms with Gasteiger partial charge >= 0.3 is 0 Å². The molecule has 1 aliphatic rings. The number of nitrogens with one attached hydrogen (secondary N) is 1. The van der Waals surface area contributed by atoms with Gasteiger partial charge in [-0.3, -0.25) is 4.79 Å². The van der Waals surface area contributed by atoms with Crippen LogP contribution >= 0.6 is 0 Å². The van der Waals surface area contributed by atoms with Crippen molar-refractivity contribution in [3.8, 4) is 22.6 Å². The summed E-state index contributed by atoms with van der Waals surface area (Å²) in [5.41, 5.74) is 6.55. The molecule has 1 atom stereocenters. The van der Waals surface area contributed by atoms with Gasteiger partial charge in [0, 0.05) is 29.5 Å². The Morgan fingerprint density at radius 2 is 1.94 bits per heavy atom. The zero-order valence-electron chi connectivity index (χ0n) is 18.8. The van der Waals surface area contributed by atoms with Crippen LogP contribution in [0.25, 0.3) is 22.6 Å². The fraction of sp³-hybridized carbons (Fsp3) is 0.360. The van der Waals surface area contributed by atoms with E-state index in [4.69, 9.17) is 4.52 Å². The van der Waals surface area contributed by atoms with Crippen molar-refractivity contribution in [1.29, 1.82) is 0 Å². The van der Waals surface area contributed by atoms with Crippen molar-refractivity contribution in [3.05, 3.63) is 64.7 Å². The van der Waals surface area contributed by atoms with Crippen molar-refractivity contribution < 1.29 is 22.8 Å². The highest BCUT2D eigenvalue weighted by atomic mass is 32.2. The van der Waals surface area contributed by atoms with E-state index >= 15 is 0 Å². The van der Waals surface area contributed by atoms with E-state index in [2.05, 4.69) is 41.7 Å². The van der Waals surface area contributed by atoms with Crippen LogP contribution in [0.15, 0.2) is 47.0 Å². The van der Waals surface area contributed by atoms with E-state index in [1.807, 2.05) is 12.1 Å². The van der Waals surface area contributed by atoms with Gasteiger partial charge in [-0.05, 0) is 36.0 Å². The molecule has 0 spiro atoms. The van der Waals surface area contributed by atoms with Crippen LogP contribution in [0.3, 0.4) is 0 Å². The minimum Gasteiger partial charge on any atom is -0.378 e. The van der Waals surface area contributed by atoms with Crippen molar-refractivity contribution in [2.24, 2.45) is 0 Å². The lowest BCUT2D eigenvalue weighted by Crippen LogP contribution is -2.33. The van der Waals surface area contributed by atoms with Gasteiger partial charge in [-0.25, -0.2) is 8.42 Å². The van der Waals surface area contributed by atoms with Gasteiger partial charge in [0.15, 0.2) is 11.9 Å². The second-order valence-electron chi connectivity index (χ2n) is 8.53. The van der Waals surface area contributed by atoms with Crippen LogP contribution in [0, 0.1) is 0 Å². The lowest BCUT2D eigenvalue weighted by molar-refractivity contribution is -0.129. The molecule has 4 rings (SSSR count). The van der Waals surface area contributed by atoms with Crippen molar-refractivity contribution >= 4 is 15.7 Å². The summed E-state index contributed by atoms with van der Waals surface area (Å²) in [7, 11) is -3.19. The molecule has 0 aliphatic heterocycles. The van der Waals surface area contributed by atoms with Crippen molar-refractivity contribution in [1.82, 2.24) is 10.5 Å². The van der Waals surface area contributed by atoms with Gasteiger partial charge in [-0.1, -0.05) is 61.0 Å². The first-order valence-electron chi connectivity index (χ1n) is 11.1. The highest BCUT2D eigenvalue weighted by molar-refractivity contribution is 7.90. The Bertz CT molecular complexity index is 1260. The number of fused-ring (bicyclic) bond motifs is 3. The first-order chi connectivity index (χ1) is 15.8. The molecule has 8 heteroatoms. The Kier molecular flexibility index (Phi) is 6.67. The number of nitrogens with zero attached hydrogens (tertiary/aromatic N) is 1. The zero-order chi connectivity index (χ0) is 23.6. The van der Waals surface area contributed by atoms with E-state index in [0.717, 1.165) is 65.6 Å². The Balaban J connectivity index is 1.53. The molecule has 0 saturated carbocycles. The average Bonchev–Trinajstić information content (AvgIpc) is 3.22. The number of hydrogen-bond donors (Lipinski definition) is 2. The number of carbonyl (C=O) groups excluding carboxylic acids is 1. The summed E-state index contributed by atoms with van der Waals surface area (Å²) < 4.78 is 28.2. The Hall–Kier alpha value is -2.97. The number of aliphatic hydroxyl groups is 1. The number of rotatable bonds is 8. The molecule has 33 heavy (non-hydrogen) atoms. The number of sulfone groups is 1. The normalized spacial score (nSPS) is 13.8. The molecular formula is C25H28N2O5S. The Morgan fingerprint density at radius 3 is 2.64 bits per heavy atom. The molecule has 0 fully saturated rings. The van der Waals surface area contributed by atoms with Crippen molar-refractivity contribution in [3.63, 3.8) is 0 Å². The molecule has 0 bridgehead atoms. The van der Waals surface area contributed by atoms with E-state index in [9.17, 15) is 18.3 Å². The zero-order valence-corrected chi connectivity index (χ0v) is 19.6. The summed E-state index contributed by atoms with van der Waals surface area (Å²) in [6.07, 6.45) is 3.37. The summed E-state index contributed by atoms with van der Waals surface area (Å²) in [5.74, 6) is -0.00718. The van der Waals surface area contributed by atoms with E-state index in [1.165, 1.54) is 5.56 Å². The largest absolute Gasteiger partial charge is 0.378 e. The van der Waals surface area contributed by atoms with Gasteiger partial charge in [0.1, 0.15) is 15.5 Å². The van der Waals surface area contributed by atoms with E-state index < -0.39 is 21.8 Å². The van der Waals surface area contributed by atoms with Gasteiger partial charge in [0.2, 0.25) is 0 Å². The van der Waals surface area contributed by atoms with Crippen LogP contribution in [0.1, 0.15) is 41.7 Å². The summed E-state index contributed by atoms with van der Waals surface area (Å²) >= 11 is 0. The van der Waals surface area contributed by atoms with Crippen LogP contribution < -0.4 is 5.32 Å². The first-order valence-corrected chi connectivity index (χ1v) is 13.2. The summed E-state index contributed by atoms with van der Waals surface area (Å²) in [6, 6.07) is 13.8. The number of aryl methyl sites for hydroxylation is 2. The van der Waals surface area contributed by atoms with Gasteiger partial charge in [0.05, 0.1) is 5.75 Å². The monoisotopic (exact) mass is 468 g/mol. The molecule has 3 aromatic rings. The predicted molar refractivity (Wildman–Crippen MR) is 126 cm³/mol. The third kappa shape index (κ3) is 5.17. The first kappa shape index (κ1) is 23.2. The topological polar surface area (TPSA) is 110 Å². The maximum atomic E-state index is 12.2. The molecule has 1 aliphatic carbocycles. The summed E-state index contributed by atoms with van der Waals surface area (Å²) in [6.45, 7) is 2.12. The van der Waals surface area contributed by atoms with Gasteiger partial charge in [0.25, 0.3) is 5.91 Å². The highest BCUT2D eigenvalue weighted by Crippen LogP contribution is 2.39. The molecule has 2 aromatic carbocycles. The number of amides is 1. The maximum absolute atomic E-state index is 12.2. The maximum Gasteiger partial charge on any atom is 0.253 e. The highest BCUT2D eigenvalue weighted by Gasteiger charge is 2.26. The minimum absolute atomic E-state index is 0.0375. The molecule has 1 unspecified atom stereocenters. The summed E-state index contributed by atoms with van der Waals surface area (Å²) in [5, 5.41) is 17.2. The number of aliphatic hydroxyl groups excluding tert-OH is 1. The van der Waals surface area contributed by atoms with Crippen molar-refractivity contribution in [2.75, 3.05) is 18.6 Å². The third-order valence-corrected chi connectivity index (χ3v) is 6.85. The standard InChI is InChI=1S/C25H28N2O5S/c1-3-4-16-5-7-17(8-6-16)24-21-12-9-18-15-19(10-11-20(18)22(21)27-32-24)23(28)25(29)26-13-14-33(2,30)31/h5-8,10-11,15,23,28H,3-4,9,12-14H2,1-2H3,(H,26,29). The van der Waals surface area contributed by atoms with E-state index in [-0.39, 0.29) is 12.3 Å². The number of benzene rings is 2. The second kappa shape index (κ2) is 9.49. The molecule has 7 nitrogen and oxygen atoms in total. The average molecular weight is 469 g/mol. The summed E-state index contributed by atoms with van der Waals surface area (Å²) in [4.78, 5) is 12.2. The molecule has 2 N–H and O–H groups in total. The smallest absolute Gasteiger partial charge is 0.253 e. The predicted octanol–water partition coefficient (Wildman–Crippen LogP) is 3.25. The number of hydrogen-bond acceptors (Lipinski definition) is 6. The quantitative estimate of drug-likeness (QED) is 0.525. The third-order valence-electron chi connectivity index (χ3n) is 5.91. The van der Waals surface area contributed by atoms with Gasteiger partial charge < -0.3 is 14.9 Å². The number of aromatic nitrogens is 1. The Morgan fingerprint density at radius 1 is 1.18 bits per heavy atom. The SMILES string of the molecule is CCCc1ccc(-c2onc3c2CCc2cc(C(O)C(=O)NCCS(C)(=O)=O)ccc2-3)cc1. The minimum atomic E-state index is -3.19. The van der Waals surface area contributed by atoms with Gasteiger partial charge in [-0.15, -0.1) is 0 Å². The molecular weight excluding hydrogens is 440 g/mol. The fourth-order valence-corrected chi connectivity index (χ4v) is 4.65.